The third-order valence-corrected chi connectivity index (χ3v) is 64.0. The van der Waals surface area contributed by atoms with E-state index in [0.29, 0.717) is 44.4 Å². The molecule has 0 N–H and O–H groups in total. The molecule has 0 aromatic rings. The van der Waals surface area contributed by atoms with E-state index in [4.69, 9.17) is 91.8 Å². The first-order valence-corrected chi connectivity index (χ1v) is 63.5. The lowest BCUT2D eigenvalue weighted by molar-refractivity contribution is -0.129. The molecule has 38 heteroatoms. The van der Waals surface area contributed by atoms with Crippen molar-refractivity contribution >= 4 is 139 Å². The van der Waals surface area contributed by atoms with Crippen molar-refractivity contribution in [1.29, 1.82) is 0 Å². The average molecular weight is 1260 g/mol. The van der Waals surface area contributed by atoms with Gasteiger partial charge in [-0.15, -0.1) is 0 Å². The fourth-order valence-electron chi connectivity index (χ4n) is 7.40. The van der Waals surface area contributed by atoms with Crippen LogP contribution in [0.4, 0.5) is 0 Å². The third-order valence-electron chi connectivity index (χ3n) is 9.28. The fraction of sp³-hybridized carbons (Fsp3) is 1.00. The summed E-state index contributed by atoms with van der Waals surface area (Å²) in [5, 5.41) is 0. The van der Waals surface area contributed by atoms with E-state index in [2.05, 4.69) is 13.8 Å². The van der Waals surface area contributed by atoms with Gasteiger partial charge < -0.3 is 91.8 Å². The second-order valence-corrected chi connectivity index (χ2v) is 83.0. The molecular weight excluding hydrogens is 1170 g/mol. The van der Waals surface area contributed by atoms with Crippen molar-refractivity contribution in [2.75, 3.05) is 19.8 Å². The molecule has 0 aromatic heterocycles. The van der Waals surface area contributed by atoms with Crippen LogP contribution >= 0.6 is 0 Å². The molecule has 1 atom stereocenters. The van der Waals surface area contributed by atoms with Crippen LogP contribution in [0.3, 0.4) is 0 Å². The molecule has 7 aliphatic heterocycles. The van der Waals surface area contributed by atoms with Crippen molar-refractivity contribution in [3.63, 3.8) is 0 Å². The van der Waals surface area contributed by atoms with Gasteiger partial charge >= 0.3 is 72.4 Å². The van der Waals surface area contributed by atoms with E-state index in [9.17, 15) is 0 Å². The van der Waals surface area contributed by atoms with Crippen LogP contribution in [-0.2, 0) is 91.8 Å². The molecule has 0 saturated carbocycles. The Bertz CT molecular complexity index is 1630. The summed E-state index contributed by atoms with van der Waals surface area (Å²) >= 11 is 0. The number of hydrogen-bond donors (Lipinski definition) is 0. The second-order valence-electron chi connectivity index (χ2n) is 24.9. The van der Waals surface area contributed by atoms with Crippen molar-refractivity contribution in [2.24, 2.45) is 0 Å². The third kappa shape index (κ3) is 16.8. The molecule has 0 aromatic carbocycles. The Morgan fingerprint density at radius 3 is 0.725 bits per heavy atom. The predicted octanol–water partition coefficient (Wildman–Crippen LogP) is 7.51. The summed E-state index contributed by atoms with van der Waals surface area (Å²) < 4.78 is 160. The molecule has 69 heavy (non-hydrogen) atoms. The number of epoxide rings is 1. The minimum absolute atomic E-state index is 0.128. The molecule has 8 bridgehead atoms. The van der Waals surface area contributed by atoms with Crippen LogP contribution < -0.4 is 0 Å². The van der Waals surface area contributed by atoms with Gasteiger partial charge in [0.05, 0.1) is 13.2 Å². The molecule has 0 amide bonds. The first-order chi connectivity index (χ1) is 30.8. The molecular formula is C31H84O22Si16. The lowest BCUT2D eigenvalue weighted by Crippen LogP contribution is -2.93. The maximum Gasteiger partial charge on any atom is 0.651 e. The van der Waals surface area contributed by atoms with Crippen molar-refractivity contribution in [3.8, 4) is 0 Å². The Morgan fingerprint density at radius 1 is 0.348 bits per heavy atom. The molecule has 7 fully saturated rings. The van der Waals surface area contributed by atoms with Crippen molar-refractivity contribution in [2.45, 2.75) is 182 Å². The molecule has 22 nitrogen and oxygen atoms in total. The Balaban J connectivity index is 1.79. The molecule has 0 spiro atoms. The van der Waals surface area contributed by atoms with E-state index in [-0.39, 0.29) is 6.10 Å². The summed E-state index contributed by atoms with van der Waals surface area (Å²) in [6, 6.07) is 1.82. The topological polar surface area (TPSA) is 206 Å². The van der Waals surface area contributed by atoms with Crippen LogP contribution in [0, 0.1) is 0 Å². The standard InChI is InChI=1S/C31H84O22Si16/c1-24-61(25-2,28-26-27-32-29-31-30-33-31)41-69-51-66(38-58(15,16)17)45-63(35-55(6,7)8)42-62(34-54(3,4)5)43-64(47-66,36-56(9,10)11)49-68(53-69,40-60(21,22)23)50-65(44-62,37-57(12,13)14)48-67(46-63,52-69)39-59(18,19)20/h31H,24-30H2,1-23H3. The molecule has 7 rings (SSSR count). The van der Waals surface area contributed by atoms with Crippen LogP contribution in [0.5, 0.6) is 0 Å². The molecule has 404 valence electrons. The zero-order chi connectivity index (χ0) is 52.1. The highest BCUT2D eigenvalue weighted by Gasteiger charge is 2.92. The van der Waals surface area contributed by atoms with Gasteiger partial charge in [-0.3, -0.25) is 0 Å². The summed E-state index contributed by atoms with van der Waals surface area (Å²) in [6.07, 6.45) is 0.788. The first-order valence-electron chi connectivity index (χ1n) is 24.1. The van der Waals surface area contributed by atoms with Gasteiger partial charge in [0.25, 0.3) is 0 Å². The highest BCUT2D eigenvalue weighted by Crippen LogP contribution is 2.53. The van der Waals surface area contributed by atoms with E-state index in [0.717, 1.165) is 0 Å². The minimum Gasteiger partial charge on any atom is -0.396 e. The molecule has 0 radical (unpaired) electrons. The smallest absolute Gasteiger partial charge is 0.396 e. The summed E-state index contributed by atoms with van der Waals surface area (Å²) in [7, 11) is -64.1. The van der Waals surface area contributed by atoms with E-state index in [1.165, 1.54) is 0 Å². The van der Waals surface area contributed by atoms with Gasteiger partial charge in [-0.1, -0.05) is 13.8 Å². The summed E-state index contributed by atoms with van der Waals surface area (Å²) in [5.41, 5.74) is 0. The summed E-state index contributed by atoms with van der Waals surface area (Å²) in [5.74, 6) is 0. The normalized spacial score (nSPS) is 37.9. The van der Waals surface area contributed by atoms with Gasteiger partial charge in [0.15, 0.2) is 66.5 Å². The average Bonchev–Trinajstić information content (AvgIpc) is 3.82. The van der Waals surface area contributed by atoms with Crippen molar-refractivity contribution < 1.29 is 91.8 Å². The van der Waals surface area contributed by atoms with E-state index < -0.39 is 139 Å². The number of rotatable bonds is 24. The fourth-order valence-corrected chi connectivity index (χ4v) is 74.8. The maximum absolute atomic E-state index is 7.74. The summed E-state index contributed by atoms with van der Waals surface area (Å²) in [4.78, 5) is 0. The lowest BCUT2D eigenvalue weighted by Gasteiger charge is -2.61. The van der Waals surface area contributed by atoms with E-state index >= 15 is 0 Å². The minimum atomic E-state index is -5.17. The highest BCUT2D eigenvalue weighted by molar-refractivity contribution is 7.04. The zero-order valence-corrected chi connectivity index (χ0v) is 61.5. The van der Waals surface area contributed by atoms with Crippen molar-refractivity contribution in [3.05, 3.63) is 0 Å². The Kier molecular flexibility index (Phi) is 17.7. The van der Waals surface area contributed by atoms with Crippen LogP contribution in [0.1, 0.15) is 20.3 Å². The van der Waals surface area contributed by atoms with Crippen LogP contribution in [0.25, 0.3) is 0 Å². The van der Waals surface area contributed by atoms with Crippen LogP contribution in [0.2, 0.25) is 156 Å². The Labute approximate surface area is 429 Å². The Hall–Kier alpha value is 2.59. The van der Waals surface area contributed by atoms with Crippen LogP contribution in [0.15, 0.2) is 0 Å². The molecule has 7 aliphatic rings. The lowest BCUT2D eigenvalue weighted by atomic mass is 10.5. The Morgan fingerprint density at radius 2 is 0.551 bits per heavy atom. The van der Waals surface area contributed by atoms with E-state index in [1.54, 1.807) is 0 Å². The van der Waals surface area contributed by atoms with E-state index in [1.807, 2.05) is 137 Å². The zero-order valence-electron chi connectivity index (χ0n) is 45.5. The monoisotopic (exact) mass is 1260 g/mol. The molecule has 7 heterocycles. The number of ether oxygens (including phenoxy) is 2. The summed E-state index contributed by atoms with van der Waals surface area (Å²) in [6.45, 7) is 47.3. The largest absolute Gasteiger partial charge is 0.651 e. The van der Waals surface area contributed by atoms with Gasteiger partial charge in [0.1, 0.15) is 6.10 Å². The van der Waals surface area contributed by atoms with Crippen LogP contribution in [-0.4, -0.2) is 165 Å². The van der Waals surface area contributed by atoms with Gasteiger partial charge in [-0.2, -0.15) is 0 Å². The first kappa shape index (κ1) is 60.8. The highest BCUT2D eigenvalue weighted by atomic mass is 28.7. The van der Waals surface area contributed by atoms with Crippen molar-refractivity contribution in [1.82, 2.24) is 0 Å². The molecule has 0 aliphatic carbocycles. The SMILES string of the molecule is CC[Si](CC)(CCCOCC1CO1)O[Si]12O[Si]3(O[Si](C)(C)C)O[Si]4(O[Si](C)(C)C)O[Si]5(O[Si](C)(C)C)O[Si](O[Si](C)(C)C)(O3)O[Si](O[Si](C)(C)C)(O[Si](O[Si](C)(C)C)(O5)O[Si](O[Si](C)(C)C)(O4)O1)O2. The van der Waals surface area contributed by atoms with Gasteiger partial charge in [-0.25, -0.2) is 0 Å². The molecule has 1 unspecified atom stereocenters. The number of hydrogen-bond acceptors (Lipinski definition) is 22. The van der Waals surface area contributed by atoms with Gasteiger partial charge in [-0.05, 0) is 162 Å². The van der Waals surface area contributed by atoms with Gasteiger partial charge in [0.2, 0.25) is 0 Å². The maximum atomic E-state index is 7.74. The second kappa shape index (κ2) is 20.0. The van der Waals surface area contributed by atoms with Gasteiger partial charge in [0, 0.05) is 6.61 Å². The quantitative estimate of drug-likeness (QED) is 0.0521. The predicted molar refractivity (Wildman–Crippen MR) is 288 cm³/mol. The molecule has 7 saturated heterocycles.